The molecule has 2 atom stereocenters. The van der Waals surface area contributed by atoms with E-state index in [2.05, 4.69) is 29.4 Å². The van der Waals surface area contributed by atoms with Gasteiger partial charge in [0, 0.05) is 38.7 Å². The molecule has 3 heterocycles. The second-order valence-electron chi connectivity index (χ2n) is 12.1. The van der Waals surface area contributed by atoms with Crippen molar-refractivity contribution in [1.29, 1.82) is 0 Å². The molecule has 2 N–H and O–H groups in total. The van der Waals surface area contributed by atoms with Crippen LogP contribution in [0.1, 0.15) is 67.0 Å². The van der Waals surface area contributed by atoms with Crippen molar-refractivity contribution in [3.05, 3.63) is 62.8 Å². The molecule has 0 radical (unpaired) electrons. The highest BCUT2D eigenvalue weighted by Crippen LogP contribution is 2.50. The standard InChI is InChI=1S/C29H33FN6O4S/c1-28(2)15-29(12-11-20(28)25(39)31-18-9-10-18)34(3)27(40)22-24(38)23(37)19(14-36(22)35(29)4)26-33-32-21(41-26)13-16-5-7-17(30)8-6-16/h5-8,14,18,20,38H,9-13,15H2,1-4H3,(H,31,39)/t20-,29?/m0/s1. The van der Waals surface area contributed by atoms with Gasteiger partial charge in [0.1, 0.15) is 16.5 Å². The number of pyridine rings is 1. The second kappa shape index (κ2) is 9.64. The molecular formula is C29H33FN6O4S. The maximum absolute atomic E-state index is 13.7. The third-order valence-corrected chi connectivity index (χ3v) is 9.90. The molecule has 3 aliphatic rings. The minimum atomic E-state index is -0.780. The fraction of sp³-hybridized carbons (Fsp3) is 0.483. The van der Waals surface area contributed by atoms with Crippen LogP contribution in [0.5, 0.6) is 5.75 Å². The zero-order chi connectivity index (χ0) is 29.3. The number of aromatic nitrogens is 3. The first-order chi connectivity index (χ1) is 19.4. The Morgan fingerprint density at radius 1 is 1.15 bits per heavy atom. The second-order valence-corrected chi connectivity index (χ2v) is 13.2. The van der Waals surface area contributed by atoms with E-state index in [-0.39, 0.29) is 34.9 Å². The Balaban J connectivity index is 1.34. The van der Waals surface area contributed by atoms with Crippen molar-refractivity contribution in [1.82, 2.24) is 25.1 Å². The summed E-state index contributed by atoms with van der Waals surface area (Å²) >= 11 is 1.20. The van der Waals surface area contributed by atoms with Gasteiger partial charge in [0.15, 0.2) is 16.5 Å². The number of nitrogens with zero attached hydrogens (tertiary/aromatic N) is 5. The van der Waals surface area contributed by atoms with Gasteiger partial charge in [-0.2, -0.15) is 0 Å². The van der Waals surface area contributed by atoms with Crippen LogP contribution in [0.4, 0.5) is 4.39 Å². The first-order valence-electron chi connectivity index (χ1n) is 13.8. The number of halogens is 1. The van der Waals surface area contributed by atoms with Crippen molar-refractivity contribution < 1.29 is 19.1 Å². The highest BCUT2D eigenvalue weighted by atomic mass is 32.1. The molecule has 6 rings (SSSR count). The smallest absolute Gasteiger partial charge is 0.278 e. The van der Waals surface area contributed by atoms with E-state index in [1.54, 1.807) is 35.0 Å². The number of benzene rings is 1. The lowest BCUT2D eigenvalue weighted by molar-refractivity contribution is -0.133. The molecule has 1 aromatic carbocycles. The van der Waals surface area contributed by atoms with Crippen molar-refractivity contribution >= 4 is 23.2 Å². The summed E-state index contributed by atoms with van der Waals surface area (Å²) in [5.74, 6) is -1.56. The molecule has 1 unspecified atom stereocenters. The zero-order valence-corrected chi connectivity index (χ0v) is 24.3. The minimum absolute atomic E-state index is 0.0662. The van der Waals surface area contributed by atoms with E-state index in [1.165, 1.54) is 23.5 Å². The number of nitrogens with one attached hydrogen (secondary N) is 1. The first-order valence-corrected chi connectivity index (χ1v) is 14.6. The Morgan fingerprint density at radius 3 is 2.51 bits per heavy atom. The molecule has 0 bridgehead atoms. The fourth-order valence-corrected chi connectivity index (χ4v) is 7.32. The number of hydrogen-bond acceptors (Lipinski definition) is 8. The van der Waals surface area contributed by atoms with Crippen molar-refractivity contribution in [3.63, 3.8) is 0 Å². The van der Waals surface area contributed by atoms with Crippen LogP contribution in [0.2, 0.25) is 0 Å². The van der Waals surface area contributed by atoms with Crippen molar-refractivity contribution in [2.24, 2.45) is 11.3 Å². The SMILES string of the molecule is CN1C(=O)c2c(O)c(=O)c(-c3nnc(Cc4ccc(F)cc4)s3)cn2N(C)C12CC[C@@H](C(=O)NC1CC1)C(C)(C)C2. The topological polar surface area (TPSA) is 121 Å². The lowest BCUT2D eigenvalue weighted by Crippen LogP contribution is -2.71. The Labute approximate surface area is 240 Å². The van der Waals surface area contributed by atoms with Crippen LogP contribution in [0.3, 0.4) is 0 Å². The summed E-state index contributed by atoms with van der Waals surface area (Å²) in [6.07, 6.45) is 5.64. The lowest BCUT2D eigenvalue weighted by Gasteiger charge is -2.59. The molecule has 0 saturated heterocycles. The number of aromatic hydroxyl groups is 1. The van der Waals surface area contributed by atoms with E-state index in [0.29, 0.717) is 35.7 Å². The van der Waals surface area contributed by atoms with Crippen LogP contribution in [-0.2, 0) is 11.2 Å². The molecule has 1 aliphatic heterocycles. The van der Waals surface area contributed by atoms with Gasteiger partial charge in [0.05, 0.1) is 5.56 Å². The maximum atomic E-state index is 13.7. The third-order valence-electron chi connectivity index (χ3n) is 8.94. The molecule has 41 heavy (non-hydrogen) atoms. The molecule has 3 aromatic rings. The number of fused-ring (bicyclic) bond motifs is 1. The van der Waals surface area contributed by atoms with Crippen LogP contribution >= 0.6 is 11.3 Å². The predicted molar refractivity (Wildman–Crippen MR) is 152 cm³/mol. The van der Waals surface area contributed by atoms with Crippen LogP contribution in [0, 0.1) is 17.2 Å². The van der Waals surface area contributed by atoms with Gasteiger partial charge in [-0.25, -0.2) is 4.39 Å². The van der Waals surface area contributed by atoms with Crippen molar-refractivity contribution in [2.45, 2.75) is 64.1 Å². The quantitative estimate of drug-likeness (QED) is 0.475. The molecule has 216 valence electrons. The molecular weight excluding hydrogens is 547 g/mol. The van der Waals surface area contributed by atoms with Gasteiger partial charge in [0.2, 0.25) is 11.3 Å². The van der Waals surface area contributed by atoms with E-state index >= 15 is 0 Å². The summed E-state index contributed by atoms with van der Waals surface area (Å²) in [7, 11) is 3.52. The first kappa shape index (κ1) is 27.4. The maximum Gasteiger partial charge on any atom is 0.278 e. The van der Waals surface area contributed by atoms with E-state index in [9.17, 15) is 23.9 Å². The van der Waals surface area contributed by atoms with Crippen molar-refractivity contribution in [2.75, 3.05) is 19.1 Å². The molecule has 2 aromatic heterocycles. The van der Waals surface area contributed by atoms with Gasteiger partial charge in [-0.1, -0.05) is 37.3 Å². The van der Waals surface area contributed by atoms with Gasteiger partial charge in [-0.05, 0) is 55.2 Å². The summed E-state index contributed by atoms with van der Waals surface area (Å²) in [5, 5.41) is 25.4. The van der Waals surface area contributed by atoms with E-state index in [1.807, 2.05) is 12.1 Å². The molecule has 2 amide bonds. The molecule has 10 nitrogen and oxygen atoms in total. The average Bonchev–Trinajstić information content (AvgIpc) is 3.62. The minimum Gasteiger partial charge on any atom is -0.502 e. The van der Waals surface area contributed by atoms with Gasteiger partial charge in [-0.3, -0.25) is 24.1 Å². The Morgan fingerprint density at radius 2 is 1.85 bits per heavy atom. The van der Waals surface area contributed by atoms with Gasteiger partial charge >= 0.3 is 0 Å². The molecule has 1 spiro atoms. The van der Waals surface area contributed by atoms with Gasteiger partial charge < -0.3 is 15.3 Å². The van der Waals surface area contributed by atoms with Crippen LogP contribution in [0.15, 0.2) is 35.3 Å². The summed E-state index contributed by atoms with van der Waals surface area (Å²) in [4.78, 5) is 41.7. The number of carbonyl (C=O) groups excluding carboxylic acids is 2. The Hall–Kier alpha value is -3.80. The number of carbonyl (C=O) groups is 2. The normalized spacial score (nSPS) is 23.5. The average molecular weight is 581 g/mol. The van der Waals surface area contributed by atoms with Crippen LogP contribution in [0.25, 0.3) is 10.6 Å². The fourth-order valence-electron chi connectivity index (χ4n) is 6.44. The molecule has 2 aliphatic carbocycles. The Kier molecular flexibility index (Phi) is 6.44. The summed E-state index contributed by atoms with van der Waals surface area (Å²) < 4.78 is 14.8. The highest BCUT2D eigenvalue weighted by Gasteiger charge is 2.56. The molecule has 2 saturated carbocycles. The van der Waals surface area contributed by atoms with Gasteiger partial charge in [0.25, 0.3) is 5.91 Å². The van der Waals surface area contributed by atoms with Crippen LogP contribution < -0.4 is 15.8 Å². The predicted octanol–water partition coefficient (Wildman–Crippen LogP) is 3.26. The summed E-state index contributed by atoms with van der Waals surface area (Å²) in [6, 6.07) is 6.35. The number of amides is 2. The summed E-state index contributed by atoms with van der Waals surface area (Å²) in [6.45, 7) is 4.12. The van der Waals surface area contributed by atoms with Crippen LogP contribution in [-0.4, -0.2) is 62.5 Å². The highest BCUT2D eigenvalue weighted by molar-refractivity contribution is 7.14. The number of rotatable bonds is 5. The van der Waals surface area contributed by atoms with Crippen molar-refractivity contribution in [3.8, 4) is 16.3 Å². The van der Waals surface area contributed by atoms with E-state index < -0.39 is 28.2 Å². The summed E-state index contributed by atoms with van der Waals surface area (Å²) in [5.41, 5.74) is -1.04. The monoisotopic (exact) mass is 580 g/mol. The van der Waals surface area contributed by atoms with E-state index in [4.69, 9.17) is 0 Å². The lowest BCUT2D eigenvalue weighted by atomic mass is 9.63. The molecule has 2 fully saturated rings. The van der Waals surface area contributed by atoms with Gasteiger partial charge in [-0.15, -0.1) is 10.2 Å². The van der Waals surface area contributed by atoms with E-state index in [0.717, 1.165) is 18.4 Å². The zero-order valence-electron chi connectivity index (χ0n) is 23.5. The Bertz CT molecular complexity index is 1600. The number of hydrogen-bond donors (Lipinski definition) is 2. The third kappa shape index (κ3) is 4.58. The largest absolute Gasteiger partial charge is 0.502 e. The molecule has 12 heteroatoms.